The van der Waals surface area contributed by atoms with Crippen LogP contribution < -0.4 is 5.32 Å². The number of benzene rings is 1. The van der Waals surface area contributed by atoms with Crippen molar-refractivity contribution in [3.05, 3.63) is 69.6 Å². The van der Waals surface area contributed by atoms with Gasteiger partial charge in [-0.05, 0) is 43.9 Å². The third-order valence-corrected chi connectivity index (χ3v) is 5.28. The normalized spacial score (nSPS) is 10.9. The Kier molecular flexibility index (Phi) is 7.16. The highest BCUT2D eigenvalue weighted by Gasteiger charge is 2.09. The molecule has 0 unspecified atom stereocenters. The largest absolute Gasteiger partial charge is 0.425 e. The van der Waals surface area contributed by atoms with Gasteiger partial charge in [-0.3, -0.25) is 4.79 Å². The van der Waals surface area contributed by atoms with Gasteiger partial charge in [0.1, 0.15) is 0 Å². The van der Waals surface area contributed by atoms with Gasteiger partial charge in [0.25, 0.3) is 0 Å². The van der Waals surface area contributed by atoms with Gasteiger partial charge in [0.2, 0.25) is 17.7 Å². The molecule has 0 spiro atoms. The number of carbonyl (C=O) groups is 1. The Morgan fingerprint density at radius 3 is 2.48 bits per heavy atom. The molecule has 27 heavy (non-hydrogen) atoms. The Balaban J connectivity index is 1.32. The van der Waals surface area contributed by atoms with Crippen LogP contribution >= 0.6 is 11.3 Å². The van der Waals surface area contributed by atoms with Crippen LogP contribution in [-0.2, 0) is 30.6 Å². The fourth-order valence-electron chi connectivity index (χ4n) is 2.82. The third kappa shape index (κ3) is 6.64. The molecule has 1 aromatic carbocycles. The van der Waals surface area contributed by atoms with Crippen molar-refractivity contribution < 1.29 is 9.21 Å². The third-order valence-electron chi connectivity index (χ3n) is 4.28. The van der Waals surface area contributed by atoms with E-state index in [0.29, 0.717) is 31.2 Å². The Bertz CT molecular complexity index is 842. The Hall–Kier alpha value is -2.47. The zero-order valence-electron chi connectivity index (χ0n) is 15.6. The fraction of sp³-hybridized carbons (Fsp3) is 0.381. The first-order chi connectivity index (χ1) is 13.2. The predicted octanol–water partition coefficient (Wildman–Crippen LogP) is 4.25. The molecule has 0 radical (unpaired) electrons. The van der Waals surface area contributed by atoms with Crippen LogP contribution in [0.1, 0.15) is 46.4 Å². The number of aromatic nitrogens is 2. The molecule has 0 aliphatic rings. The highest BCUT2D eigenvalue weighted by Crippen LogP contribution is 2.14. The molecule has 6 heteroatoms. The van der Waals surface area contributed by atoms with Crippen molar-refractivity contribution in [2.75, 3.05) is 0 Å². The van der Waals surface area contributed by atoms with Crippen molar-refractivity contribution in [1.29, 1.82) is 0 Å². The molecule has 3 rings (SSSR count). The van der Waals surface area contributed by atoms with Crippen molar-refractivity contribution in [2.24, 2.45) is 0 Å². The van der Waals surface area contributed by atoms with E-state index in [0.717, 1.165) is 30.6 Å². The molecular weight excluding hydrogens is 358 g/mol. The highest BCUT2D eigenvalue weighted by atomic mass is 32.1. The van der Waals surface area contributed by atoms with Crippen molar-refractivity contribution in [1.82, 2.24) is 15.5 Å². The SMILES string of the molecule is Cc1ccc(CNC(=O)CCc2nnc(CCCCc3ccccc3)o2)s1. The fourth-order valence-corrected chi connectivity index (χ4v) is 3.65. The van der Waals surface area contributed by atoms with Crippen LogP contribution in [0, 0.1) is 6.92 Å². The molecule has 1 amide bonds. The molecule has 0 saturated heterocycles. The molecule has 0 bridgehead atoms. The lowest BCUT2D eigenvalue weighted by Crippen LogP contribution is -2.22. The minimum absolute atomic E-state index is 0.00339. The van der Waals surface area contributed by atoms with Crippen molar-refractivity contribution in [2.45, 2.75) is 52.0 Å². The van der Waals surface area contributed by atoms with Gasteiger partial charge < -0.3 is 9.73 Å². The van der Waals surface area contributed by atoms with Gasteiger partial charge in [-0.15, -0.1) is 21.5 Å². The van der Waals surface area contributed by atoms with E-state index in [-0.39, 0.29) is 5.91 Å². The first-order valence-electron chi connectivity index (χ1n) is 9.36. The summed E-state index contributed by atoms with van der Waals surface area (Å²) >= 11 is 1.70. The van der Waals surface area contributed by atoms with Crippen LogP contribution in [0.4, 0.5) is 0 Å². The van der Waals surface area contributed by atoms with Crippen LogP contribution in [-0.4, -0.2) is 16.1 Å². The summed E-state index contributed by atoms with van der Waals surface area (Å²) in [4.78, 5) is 14.4. The number of nitrogens with one attached hydrogen (secondary N) is 1. The first kappa shape index (κ1) is 19.3. The Morgan fingerprint density at radius 1 is 1.00 bits per heavy atom. The van der Waals surface area contributed by atoms with Gasteiger partial charge in [0, 0.05) is 29.0 Å². The molecule has 0 atom stereocenters. The minimum Gasteiger partial charge on any atom is -0.425 e. The van der Waals surface area contributed by atoms with Gasteiger partial charge in [-0.2, -0.15) is 0 Å². The second kappa shape index (κ2) is 10.0. The van der Waals surface area contributed by atoms with Crippen LogP contribution in [0.25, 0.3) is 0 Å². The summed E-state index contributed by atoms with van der Waals surface area (Å²) in [5.41, 5.74) is 1.35. The topological polar surface area (TPSA) is 68.0 Å². The molecule has 0 fully saturated rings. The van der Waals surface area contributed by atoms with Crippen molar-refractivity contribution >= 4 is 17.2 Å². The van der Waals surface area contributed by atoms with Crippen molar-refractivity contribution in [3.8, 4) is 0 Å². The number of thiophene rings is 1. The number of carbonyl (C=O) groups excluding carboxylic acids is 1. The quantitative estimate of drug-likeness (QED) is 0.531. The maximum absolute atomic E-state index is 12.0. The standard InChI is InChI=1S/C21H25N3O2S/c1-16-11-12-18(27-16)15-22-19(25)13-14-21-24-23-20(26-21)10-6-5-9-17-7-3-2-4-8-17/h2-4,7-8,11-12H,5-6,9-10,13-15H2,1H3,(H,22,25). The number of aryl methyl sites for hydroxylation is 4. The van der Waals surface area contributed by atoms with Gasteiger partial charge in [-0.25, -0.2) is 0 Å². The van der Waals surface area contributed by atoms with Gasteiger partial charge in [0.05, 0.1) is 6.54 Å². The lowest BCUT2D eigenvalue weighted by molar-refractivity contribution is -0.121. The number of amides is 1. The smallest absolute Gasteiger partial charge is 0.220 e. The summed E-state index contributed by atoms with van der Waals surface area (Å²) in [6, 6.07) is 14.6. The van der Waals surface area contributed by atoms with E-state index in [4.69, 9.17) is 4.42 Å². The van der Waals surface area contributed by atoms with Crippen LogP contribution in [0.3, 0.4) is 0 Å². The maximum atomic E-state index is 12.0. The maximum Gasteiger partial charge on any atom is 0.220 e. The Labute approximate surface area is 163 Å². The molecule has 1 N–H and O–H groups in total. The number of hydrogen-bond acceptors (Lipinski definition) is 5. The van der Waals surface area contributed by atoms with Gasteiger partial charge >= 0.3 is 0 Å². The zero-order valence-corrected chi connectivity index (χ0v) is 16.4. The number of unbranched alkanes of at least 4 members (excludes halogenated alkanes) is 1. The van der Waals surface area contributed by atoms with E-state index in [9.17, 15) is 4.79 Å². The van der Waals surface area contributed by atoms with Crippen molar-refractivity contribution in [3.63, 3.8) is 0 Å². The van der Waals surface area contributed by atoms with Gasteiger partial charge in [0.15, 0.2) is 0 Å². The van der Waals surface area contributed by atoms with E-state index in [1.165, 1.54) is 10.4 Å². The molecule has 142 valence electrons. The summed E-state index contributed by atoms with van der Waals surface area (Å²) in [5, 5.41) is 11.1. The van der Waals surface area contributed by atoms with Crippen LogP contribution in [0.2, 0.25) is 0 Å². The minimum atomic E-state index is 0.00339. The van der Waals surface area contributed by atoms with E-state index in [1.54, 1.807) is 11.3 Å². The zero-order chi connectivity index (χ0) is 18.9. The van der Waals surface area contributed by atoms with E-state index >= 15 is 0 Å². The average molecular weight is 384 g/mol. The lowest BCUT2D eigenvalue weighted by Gasteiger charge is -2.02. The predicted molar refractivity (Wildman–Crippen MR) is 107 cm³/mol. The summed E-state index contributed by atoms with van der Waals surface area (Å²) in [5.74, 6) is 1.20. The van der Waals surface area contributed by atoms with E-state index in [2.05, 4.69) is 52.8 Å². The van der Waals surface area contributed by atoms with Gasteiger partial charge in [-0.1, -0.05) is 30.3 Å². The van der Waals surface area contributed by atoms with E-state index in [1.807, 2.05) is 12.1 Å². The number of hydrogen-bond donors (Lipinski definition) is 1. The number of rotatable bonds is 10. The highest BCUT2D eigenvalue weighted by molar-refractivity contribution is 7.11. The molecule has 3 aromatic rings. The molecule has 0 aliphatic carbocycles. The monoisotopic (exact) mass is 383 g/mol. The molecule has 5 nitrogen and oxygen atoms in total. The second-order valence-electron chi connectivity index (χ2n) is 6.57. The summed E-state index contributed by atoms with van der Waals surface area (Å²) < 4.78 is 5.65. The lowest BCUT2D eigenvalue weighted by atomic mass is 10.1. The van der Waals surface area contributed by atoms with Crippen LogP contribution in [0.5, 0.6) is 0 Å². The first-order valence-corrected chi connectivity index (χ1v) is 10.2. The average Bonchev–Trinajstić information content (AvgIpc) is 3.31. The second-order valence-corrected chi connectivity index (χ2v) is 7.94. The van der Waals surface area contributed by atoms with E-state index < -0.39 is 0 Å². The summed E-state index contributed by atoms with van der Waals surface area (Å²) in [6.45, 7) is 2.64. The molecular formula is C21H25N3O2S. The molecule has 2 heterocycles. The molecule has 0 saturated carbocycles. The van der Waals surface area contributed by atoms with Crippen LogP contribution in [0.15, 0.2) is 46.9 Å². The molecule has 0 aliphatic heterocycles. The summed E-state index contributed by atoms with van der Waals surface area (Å²) in [7, 11) is 0. The number of nitrogens with zero attached hydrogens (tertiary/aromatic N) is 2. The molecule has 2 aromatic heterocycles. The Morgan fingerprint density at radius 2 is 1.74 bits per heavy atom. The summed E-state index contributed by atoms with van der Waals surface area (Å²) in [6.07, 6.45) is 4.78.